The first-order valence-electron chi connectivity index (χ1n) is 7.68. The summed E-state index contributed by atoms with van der Waals surface area (Å²) < 4.78 is 25.2. The maximum absolute atomic E-state index is 12.5. The lowest BCUT2D eigenvalue weighted by atomic mass is 10.00. The van der Waals surface area contributed by atoms with E-state index in [2.05, 4.69) is 4.72 Å². The third-order valence-electron chi connectivity index (χ3n) is 3.53. The van der Waals surface area contributed by atoms with Crippen LogP contribution < -0.4 is 4.72 Å². The number of rotatable bonds is 8. The summed E-state index contributed by atoms with van der Waals surface area (Å²) in [6, 6.07) is 14.2. The molecule has 128 valence electrons. The molecule has 0 bridgehead atoms. The monoisotopic (exact) mass is 347 g/mol. The zero-order chi connectivity index (χ0) is 17.6. The van der Waals surface area contributed by atoms with Gasteiger partial charge in [0, 0.05) is 18.6 Å². The molecule has 2 aromatic carbocycles. The number of carbonyl (C=O) groups is 1. The van der Waals surface area contributed by atoms with E-state index in [9.17, 15) is 13.2 Å². The molecule has 2 rings (SSSR count). The standard InChI is InChI=1S/C18H21NO4S/c1-24(22,23)19-17-7-3-2-6-16(17)18(21)13-15-10-8-14(9-11-15)5-4-12-20/h2-3,6-11,19-20H,4-5,12-13H2,1H3. The van der Waals surface area contributed by atoms with Crippen LogP contribution in [0.1, 0.15) is 27.9 Å². The molecule has 0 unspecified atom stereocenters. The number of anilines is 1. The van der Waals surface area contributed by atoms with Crippen LogP contribution in [0, 0.1) is 0 Å². The summed E-state index contributed by atoms with van der Waals surface area (Å²) in [4.78, 5) is 12.5. The number of aliphatic hydroxyl groups is 1. The predicted octanol–water partition coefficient (Wildman–Crippen LogP) is 2.41. The highest BCUT2D eigenvalue weighted by atomic mass is 32.2. The lowest BCUT2D eigenvalue weighted by Crippen LogP contribution is -2.14. The molecule has 0 heterocycles. The highest BCUT2D eigenvalue weighted by Crippen LogP contribution is 2.19. The first-order chi connectivity index (χ1) is 11.4. The number of hydrogen-bond donors (Lipinski definition) is 2. The number of carbonyl (C=O) groups excluding carboxylic acids is 1. The van der Waals surface area contributed by atoms with Crippen LogP contribution in [-0.4, -0.2) is 32.2 Å². The number of aryl methyl sites for hydroxylation is 1. The zero-order valence-corrected chi connectivity index (χ0v) is 14.3. The van der Waals surface area contributed by atoms with Gasteiger partial charge in [0.15, 0.2) is 5.78 Å². The molecule has 0 saturated heterocycles. The number of sulfonamides is 1. The van der Waals surface area contributed by atoms with Gasteiger partial charge in [-0.25, -0.2) is 8.42 Å². The molecule has 0 spiro atoms. The maximum atomic E-state index is 12.5. The van der Waals surface area contributed by atoms with Crippen LogP contribution in [0.2, 0.25) is 0 Å². The van der Waals surface area contributed by atoms with Crippen molar-refractivity contribution in [2.45, 2.75) is 19.3 Å². The van der Waals surface area contributed by atoms with Crippen LogP contribution in [0.25, 0.3) is 0 Å². The van der Waals surface area contributed by atoms with Gasteiger partial charge in [0.2, 0.25) is 10.0 Å². The van der Waals surface area contributed by atoms with Gasteiger partial charge >= 0.3 is 0 Å². The van der Waals surface area contributed by atoms with Crippen molar-refractivity contribution in [2.75, 3.05) is 17.6 Å². The fourth-order valence-electron chi connectivity index (χ4n) is 2.40. The van der Waals surface area contributed by atoms with Crippen LogP contribution in [0.4, 0.5) is 5.69 Å². The average molecular weight is 347 g/mol. The van der Waals surface area contributed by atoms with Gasteiger partial charge in [0.25, 0.3) is 0 Å². The predicted molar refractivity (Wildman–Crippen MR) is 94.8 cm³/mol. The van der Waals surface area contributed by atoms with E-state index in [1.165, 1.54) is 0 Å². The van der Waals surface area contributed by atoms with Crippen LogP contribution in [0.15, 0.2) is 48.5 Å². The van der Waals surface area contributed by atoms with Crippen molar-refractivity contribution in [1.82, 2.24) is 0 Å². The zero-order valence-electron chi connectivity index (χ0n) is 13.5. The van der Waals surface area contributed by atoms with Crippen molar-refractivity contribution in [1.29, 1.82) is 0 Å². The van der Waals surface area contributed by atoms with E-state index in [4.69, 9.17) is 5.11 Å². The Morgan fingerprint density at radius 3 is 2.29 bits per heavy atom. The van der Waals surface area contributed by atoms with Crippen LogP contribution >= 0.6 is 0 Å². The molecule has 2 aromatic rings. The molecule has 6 heteroatoms. The molecule has 0 aromatic heterocycles. The Kier molecular flexibility index (Phi) is 6.11. The number of para-hydroxylation sites is 1. The van der Waals surface area contributed by atoms with Crippen molar-refractivity contribution in [3.63, 3.8) is 0 Å². The molecule has 0 radical (unpaired) electrons. The quantitative estimate of drug-likeness (QED) is 0.718. The number of Topliss-reactive ketones (excluding diaryl/α,β-unsaturated/α-hetero) is 1. The number of ketones is 1. The van der Waals surface area contributed by atoms with E-state index in [1.807, 2.05) is 24.3 Å². The lowest BCUT2D eigenvalue weighted by molar-refractivity contribution is 0.0994. The second-order valence-corrected chi connectivity index (χ2v) is 7.41. The minimum Gasteiger partial charge on any atom is -0.396 e. The number of hydrogen-bond acceptors (Lipinski definition) is 4. The molecule has 0 amide bonds. The Balaban J connectivity index is 2.12. The van der Waals surface area contributed by atoms with E-state index >= 15 is 0 Å². The summed E-state index contributed by atoms with van der Waals surface area (Å²) in [6.45, 7) is 0.157. The smallest absolute Gasteiger partial charge is 0.229 e. The molecule has 2 N–H and O–H groups in total. The van der Waals surface area contributed by atoms with E-state index in [-0.39, 0.29) is 18.8 Å². The lowest BCUT2D eigenvalue weighted by Gasteiger charge is -2.10. The Morgan fingerprint density at radius 1 is 1.04 bits per heavy atom. The van der Waals surface area contributed by atoms with Crippen LogP contribution in [-0.2, 0) is 22.9 Å². The number of benzene rings is 2. The van der Waals surface area contributed by atoms with Gasteiger partial charge in [-0.05, 0) is 36.1 Å². The molecule has 0 atom stereocenters. The van der Waals surface area contributed by atoms with Gasteiger partial charge in [-0.2, -0.15) is 0 Å². The fourth-order valence-corrected chi connectivity index (χ4v) is 2.98. The molecule has 24 heavy (non-hydrogen) atoms. The van der Waals surface area contributed by atoms with E-state index < -0.39 is 10.0 Å². The van der Waals surface area contributed by atoms with Crippen molar-refractivity contribution < 1.29 is 18.3 Å². The number of nitrogens with one attached hydrogen (secondary N) is 1. The Morgan fingerprint density at radius 2 is 1.67 bits per heavy atom. The van der Waals surface area contributed by atoms with Crippen molar-refractivity contribution in [3.05, 3.63) is 65.2 Å². The van der Waals surface area contributed by atoms with Gasteiger partial charge in [-0.3, -0.25) is 9.52 Å². The largest absolute Gasteiger partial charge is 0.396 e. The molecular formula is C18H21NO4S. The first-order valence-corrected chi connectivity index (χ1v) is 9.57. The summed E-state index contributed by atoms with van der Waals surface area (Å²) in [5, 5.41) is 8.84. The van der Waals surface area contributed by atoms with Gasteiger partial charge in [-0.15, -0.1) is 0 Å². The Hall–Kier alpha value is -2.18. The normalized spacial score (nSPS) is 11.2. The molecule has 0 aliphatic heterocycles. The fraction of sp³-hybridized carbons (Fsp3) is 0.278. The summed E-state index contributed by atoms with van der Waals surface area (Å²) in [5.41, 5.74) is 2.62. The van der Waals surface area contributed by atoms with Gasteiger partial charge < -0.3 is 5.11 Å². The Labute approximate surface area is 142 Å². The highest BCUT2D eigenvalue weighted by molar-refractivity contribution is 7.92. The first kappa shape index (κ1) is 18.2. The average Bonchev–Trinajstić information content (AvgIpc) is 2.53. The maximum Gasteiger partial charge on any atom is 0.229 e. The molecule has 5 nitrogen and oxygen atoms in total. The number of aliphatic hydroxyl groups excluding tert-OH is 1. The summed E-state index contributed by atoms with van der Waals surface area (Å²) in [7, 11) is -3.44. The molecule has 0 aliphatic rings. The minimum absolute atomic E-state index is 0.148. The van der Waals surface area contributed by atoms with Crippen molar-refractivity contribution in [3.8, 4) is 0 Å². The third kappa shape index (κ3) is 5.47. The van der Waals surface area contributed by atoms with E-state index in [0.29, 0.717) is 17.7 Å². The minimum atomic E-state index is -3.44. The van der Waals surface area contributed by atoms with Gasteiger partial charge in [-0.1, -0.05) is 36.4 Å². The van der Waals surface area contributed by atoms with Crippen molar-refractivity contribution in [2.24, 2.45) is 0 Å². The van der Waals surface area contributed by atoms with Crippen molar-refractivity contribution >= 4 is 21.5 Å². The van der Waals surface area contributed by atoms with Gasteiger partial charge in [0.1, 0.15) is 0 Å². The van der Waals surface area contributed by atoms with E-state index in [0.717, 1.165) is 23.8 Å². The Bertz CT molecular complexity index is 798. The topological polar surface area (TPSA) is 83.5 Å². The molecule has 0 aliphatic carbocycles. The second kappa shape index (κ2) is 8.08. The second-order valence-electron chi connectivity index (χ2n) is 5.66. The third-order valence-corrected chi connectivity index (χ3v) is 4.12. The summed E-state index contributed by atoms with van der Waals surface area (Å²) in [6.07, 6.45) is 2.76. The molecule has 0 saturated carbocycles. The van der Waals surface area contributed by atoms with Crippen LogP contribution in [0.5, 0.6) is 0 Å². The highest BCUT2D eigenvalue weighted by Gasteiger charge is 2.14. The summed E-state index contributed by atoms with van der Waals surface area (Å²) >= 11 is 0. The molecular weight excluding hydrogens is 326 g/mol. The van der Waals surface area contributed by atoms with Crippen LogP contribution in [0.3, 0.4) is 0 Å². The SMILES string of the molecule is CS(=O)(=O)Nc1ccccc1C(=O)Cc1ccc(CCCO)cc1. The molecule has 0 fully saturated rings. The van der Waals surface area contributed by atoms with E-state index in [1.54, 1.807) is 24.3 Å². The summed E-state index contributed by atoms with van der Waals surface area (Å²) in [5.74, 6) is -0.148. The van der Waals surface area contributed by atoms with Gasteiger partial charge in [0.05, 0.1) is 11.9 Å².